The fourth-order valence-corrected chi connectivity index (χ4v) is 2.16. The Morgan fingerprint density at radius 2 is 2.27 bits per heavy atom. The summed E-state index contributed by atoms with van der Waals surface area (Å²) in [5.74, 6) is 1.53. The van der Waals surface area contributed by atoms with E-state index in [-0.39, 0.29) is 0 Å². The maximum atomic E-state index is 5.13. The van der Waals surface area contributed by atoms with E-state index in [9.17, 15) is 0 Å². The number of methoxy groups -OCH3 is 1. The molecular formula is C17H28N4O. The standard InChI is InChI=1S/C17H28N4O/c1-5-6-7-8-9-12-21(3)17(18-2)20-14-15-10-11-19-16(13-15)22-4/h5,10-11,13H,1,6-9,12,14H2,2-4H3,(H,18,20). The summed E-state index contributed by atoms with van der Waals surface area (Å²) in [4.78, 5) is 10.6. The molecule has 5 nitrogen and oxygen atoms in total. The van der Waals surface area contributed by atoms with Gasteiger partial charge in [-0.25, -0.2) is 4.98 Å². The third kappa shape index (κ3) is 6.61. The van der Waals surface area contributed by atoms with Crippen molar-refractivity contribution in [3.05, 3.63) is 36.5 Å². The van der Waals surface area contributed by atoms with Gasteiger partial charge in [-0.1, -0.05) is 12.5 Å². The summed E-state index contributed by atoms with van der Waals surface area (Å²) in [6.07, 6.45) is 8.42. The first kappa shape index (κ1) is 18.0. The number of hydrogen-bond donors (Lipinski definition) is 1. The molecule has 0 aliphatic rings. The summed E-state index contributed by atoms with van der Waals surface area (Å²) < 4.78 is 5.13. The Bertz CT molecular complexity index is 473. The Morgan fingerprint density at radius 1 is 1.45 bits per heavy atom. The zero-order chi connectivity index (χ0) is 16.2. The molecule has 0 radical (unpaired) electrons. The van der Waals surface area contributed by atoms with Crippen LogP contribution in [-0.2, 0) is 6.54 Å². The fraction of sp³-hybridized carbons (Fsp3) is 0.529. The van der Waals surface area contributed by atoms with Gasteiger partial charge in [0.25, 0.3) is 0 Å². The van der Waals surface area contributed by atoms with Crippen LogP contribution in [0, 0.1) is 0 Å². The molecule has 0 fully saturated rings. The minimum absolute atomic E-state index is 0.630. The quantitative estimate of drug-likeness (QED) is 0.330. The van der Waals surface area contributed by atoms with E-state index in [1.54, 1.807) is 13.3 Å². The monoisotopic (exact) mass is 304 g/mol. The third-order valence-electron chi connectivity index (χ3n) is 3.43. The average Bonchev–Trinajstić information content (AvgIpc) is 2.55. The van der Waals surface area contributed by atoms with Crippen molar-refractivity contribution in [1.29, 1.82) is 0 Å². The van der Waals surface area contributed by atoms with Gasteiger partial charge in [0, 0.05) is 39.4 Å². The molecule has 0 aromatic carbocycles. The van der Waals surface area contributed by atoms with Crippen LogP contribution >= 0.6 is 0 Å². The minimum Gasteiger partial charge on any atom is -0.481 e. The van der Waals surface area contributed by atoms with Gasteiger partial charge in [-0.3, -0.25) is 4.99 Å². The molecule has 1 aromatic rings. The number of allylic oxidation sites excluding steroid dienone is 1. The van der Waals surface area contributed by atoms with Crippen LogP contribution in [0.4, 0.5) is 0 Å². The zero-order valence-electron chi connectivity index (χ0n) is 14.0. The SMILES string of the molecule is C=CCCCCCN(C)C(=NC)NCc1ccnc(OC)c1. The number of aliphatic imine (C=N–C) groups is 1. The highest BCUT2D eigenvalue weighted by Crippen LogP contribution is 2.08. The molecule has 0 saturated heterocycles. The fourth-order valence-electron chi connectivity index (χ4n) is 2.16. The second-order valence-electron chi connectivity index (χ2n) is 5.17. The normalized spacial score (nSPS) is 11.1. The van der Waals surface area contributed by atoms with E-state index in [0.717, 1.165) is 30.9 Å². The lowest BCUT2D eigenvalue weighted by Crippen LogP contribution is -2.39. The van der Waals surface area contributed by atoms with E-state index < -0.39 is 0 Å². The van der Waals surface area contributed by atoms with Crippen LogP contribution in [0.3, 0.4) is 0 Å². The number of guanidine groups is 1. The Balaban J connectivity index is 2.38. The van der Waals surface area contributed by atoms with E-state index in [2.05, 4.69) is 33.8 Å². The van der Waals surface area contributed by atoms with Gasteiger partial charge in [-0.2, -0.15) is 0 Å². The molecule has 1 heterocycles. The molecule has 1 N–H and O–H groups in total. The van der Waals surface area contributed by atoms with Crippen molar-refractivity contribution in [2.24, 2.45) is 4.99 Å². The van der Waals surface area contributed by atoms with Gasteiger partial charge in [0.15, 0.2) is 5.96 Å². The second-order valence-corrected chi connectivity index (χ2v) is 5.17. The van der Waals surface area contributed by atoms with Crippen molar-refractivity contribution < 1.29 is 4.74 Å². The Kier molecular flexibility index (Phi) is 8.72. The highest BCUT2D eigenvalue weighted by molar-refractivity contribution is 5.79. The molecule has 0 saturated carbocycles. The Labute approximate surface area is 134 Å². The van der Waals surface area contributed by atoms with Gasteiger partial charge in [-0.15, -0.1) is 6.58 Å². The molecule has 0 amide bonds. The first-order chi connectivity index (χ1) is 10.7. The molecule has 1 rings (SSSR count). The lowest BCUT2D eigenvalue weighted by Gasteiger charge is -2.22. The van der Waals surface area contributed by atoms with Gasteiger partial charge < -0.3 is 15.0 Å². The summed E-state index contributed by atoms with van der Waals surface area (Å²) in [7, 11) is 5.50. The number of unbranched alkanes of at least 4 members (excludes halogenated alkanes) is 3. The van der Waals surface area contributed by atoms with Crippen LogP contribution in [0.15, 0.2) is 36.0 Å². The maximum absolute atomic E-state index is 5.13. The summed E-state index contributed by atoms with van der Waals surface area (Å²) in [5, 5.41) is 3.37. The highest BCUT2D eigenvalue weighted by atomic mass is 16.5. The lowest BCUT2D eigenvalue weighted by molar-refractivity contribution is 0.397. The summed E-state index contributed by atoms with van der Waals surface area (Å²) in [5.41, 5.74) is 1.12. The topological polar surface area (TPSA) is 49.8 Å². The van der Waals surface area contributed by atoms with E-state index in [1.807, 2.05) is 25.3 Å². The van der Waals surface area contributed by atoms with Gasteiger partial charge in [0.2, 0.25) is 5.88 Å². The van der Waals surface area contributed by atoms with E-state index in [0.29, 0.717) is 12.4 Å². The number of pyridine rings is 1. The molecule has 0 bridgehead atoms. The van der Waals surface area contributed by atoms with Crippen molar-refractivity contribution in [1.82, 2.24) is 15.2 Å². The number of nitrogens with zero attached hydrogens (tertiary/aromatic N) is 3. The maximum Gasteiger partial charge on any atom is 0.213 e. The van der Waals surface area contributed by atoms with Crippen LogP contribution in [-0.4, -0.2) is 43.6 Å². The number of rotatable bonds is 9. The molecule has 0 aliphatic carbocycles. The van der Waals surface area contributed by atoms with Crippen molar-refractivity contribution in [3.8, 4) is 5.88 Å². The van der Waals surface area contributed by atoms with Crippen LogP contribution in [0.25, 0.3) is 0 Å². The molecule has 1 aromatic heterocycles. The first-order valence-corrected chi connectivity index (χ1v) is 7.73. The van der Waals surface area contributed by atoms with Crippen LogP contribution in [0.2, 0.25) is 0 Å². The smallest absolute Gasteiger partial charge is 0.213 e. The molecular weight excluding hydrogens is 276 g/mol. The molecule has 122 valence electrons. The Morgan fingerprint density at radius 3 is 2.95 bits per heavy atom. The van der Waals surface area contributed by atoms with Crippen LogP contribution < -0.4 is 10.1 Å². The summed E-state index contributed by atoms with van der Waals surface area (Å²) in [6.45, 7) is 5.44. The highest BCUT2D eigenvalue weighted by Gasteiger charge is 2.05. The number of hydrogen-bond acceptors (Lipinski definition) is 3. The lowest BCUT2D eigenvalue weighted by atomic mass is 10.2. The predicted molar refractivity (Wildman–Crippen MR) is 92.3 cm³/mol. The Hall–Kier alpha value is -2.04. The molecule has 22 heavy (non-hydrogen) atoms. The molecule has 0 aliphatic heterocycles. The van der Waals surface area contributed by atoms with Crippen molar-refractivity contribution in [3.63, 3.8) is 0 Å². The number of ether oxygens (including phenoxy) is 1. The largest absolute Gasteiger partial charge is 0.481 e. The number of aromatic nitrogens is 1. The van der Waals surface area contributed by atoms with Crippen LogP contribution in [0.5, 0.6) is 5.88 Å². The third-order valence-corrected chi connectivity index (χ3v) is 3.43. The number of nitrogens with one attached hydrogen (secondary N) is 1. The average molecular weight is 304 g/mol. The first-order valence-electron chi connectivity index (χ1n) is 7.73. The summed E-state index contributed by atoms with van der Waals surface area (Å²) in [6, 6.07) is 3.90. The predicted octanol–water partition coefficient (Wildman–Crippen LogP) is 2.84. The van der Waals surface area contributed by atoms with Gasteiger partial charge in [0.05, 0.1) is 7.11 Å². The van der Waals surface area contributed by atoms with Crippen molar-refractivity contribution >= 4 is 5.96 Å². The molecule has 0 spiro atoms. The second kappa shape index (κ2) is 10.7. The van der Waals surface area contributed by atoms with Gasteiger partial charge in [0.1, 0.15) is 0 Å². The van der Waals surface area contributed by atoms with E-state index in [1.165, 1.54) is 12.8 Å². The van der Waals surface area contributed by atoms with E-state index >= 15 is 0 Å². The van der Waals surface area contributed by atoms with Gasteiger partial charge >= 0.3 is 0 Å². The van der Waals surface area contributed by atoms with Gasteiger partial charge in [-0.05, 0) is 30.9 Å². The van der Waals surface area contributed by atoms with Crippen molar-refractivity contribution in [2.45, 2.75) is 32.2 Å². The van der Waals surface area contributed by atoms with Crippen molar-refractivity contribution in [2.75, 3.05) is 27.7 Å². The molecule has 0 atom stereocenters. The molecule has 0 unspecified atom stereocenters. The summed E-state index contributed by atoms with van der Waals surface area (Å²) >= 11 is 0. The van der Waals surface area contributed by atoms with E-state index in [4.69, 9.17) is 4.74 Å². The molecule has 5 heteroatoms. The van der Waals surface area contributed by atoms with Crippen LogP contribution in [0.1, 0.15) is 31.2 Å². The zero-order valence-corrected chi connectivity index (χ0v) is 14.0. The minimum atomic E-state index is 0.630.